The lowest BCUT2D eigenvalue weighted by Crippen LogP contribution is -2.39. The molecule has 128 valence electrons. The number of rotatable bonds is 6. The molecule has 1 aliphatic rings. The van der Waals surface area contributed by atoms with E-state index >= 15 is 0 Å². The molecule has 2 aromatic rings. The predicted octanol–water partition coefficient (Wildman–Crippen LogP) is 1.93. The summed E-state index contributed by atoms with van der Waals surface area (Å²) in [5, 5.41) is 3.36. The fraction of sp³-hybridized carbons (Fsp3) is 0.471. The summed E-state index contributed by atoms with van der Waals surface area (Å²) in [5.74, 6) is 0.671. The van der Waals surface area contributed by atoms with Crippen molar-refractivity contribution in [3.05, 3.63) is 35.9 Å². The van der Waals surface area contributed by atoms with Crippen molar-refractivity contribution < 1.29 is 4.74 Å². The quantitative estimate of drug-likeness (QED) is 0.837. The van der Waals surface area contributed by atoms with Gasteiger partial charge in [0.15, 0.2) is 0 Å². The molecule has 3 N–H and O–H groups in total. The van der Waals surface area contributed by atoms with Crippen LogP contribution in [0.5, 0.6) is 6.01 Å². The van der Waals surface area contributed by atoms with Crippen LogP contribution in [0.1, 0.15) is 25.3 Å². The van der Waals surface area contributed by atoms with Gasteiger partial charge >= 0.3 is 6.01 Å². The number of hydrogen-bond donors (Lipinski definition) is 2. The summed E-state index contributed by atoms with van der Waals surface area (Å²) in [5.41, 5.74) is 7.07. The molecule has 7 heteroatoms. The van der Waals surface area contributed by atoms with Crippen LogP contribution in [0.25, 0.3) is 0 Å². The molecule has 0 amide bonds. The number of hydrogen-bond acceptors (Lipinski definition) is 7. The zero-order chi connectivity index (χ0) is 16.8. The maximum Gasteiger partial charge on any atom is 0.323 e. The second-order valence-electron chi connectivity index (χ2n) is 5.91. The van der Waals surface area contributed by atoms with E-state index in [1.54, 1.807) is 0 Å². The van der Waals surface area contributed by atoms with Crippen LogP contribution in [0.15, 0.2) is 30.3 Å². The minimum Gasteiger partial charge on any atom is -0.464 e. The van der Waals surface area contributed by atoms with Crippen molar-refractivity contribution in [2.45, 2.75) is 32.4 Å². The predicted molar refractivity (Wildman–Crippen MR) is 93.8 cm³/mol. The number of nitrogen functional groups attached to an aromatic ring is 1. The van der Waals surface area contributed by atoms with Gasteiger partial charge in [0.05, 0.1) is 6.61 Å². The number of ether oxygens (including phenoxy) is 1. The van der Waals surface area contributed by atoms with E-state index in [9.17, 15) is 0 Å². The third-order valence-electron chi connectivity index (χ3n) is 4.08. The zero-order valence-electron chi connectivity index (χ0n) is 14.0. The molecule has 1 fully saturated rings. The van der Waals surface area contributed by atoms with Crippen molar-refractivity contribution in [2.75, 3.05) is 30.7 Å². The highest BCUT2D eigenvalue weighted by molar-refractivity contribution is 5.33. The van der Waals surface area contributed by atoms with E-state index in [1.807, 2.05) is 6.92 Å². The average molecular weight is 328 g/mol. The van der Waals surface area contributed by atoms with Gasteiger partial charge in [-0.3, -0.25) is 4.90 Å². The third kappa shape index (κ3) is 4.55. The van der Waals surface area contributed by atoms with Gasteiger partial charge in [-0.2, -0.15) is 15.0 Å². The van der Waals surface area contributed by atoms with Gasteiger partial charge < -0.3 is 15.8 Å². The molecule has 0 aliphatic carbocycles. The van der Waals surface area contributed by atoms with Gasteiger partial charge in [0.25, 0.3) is 0 Å². The van der Waals surface area contributed by atoms with Crippen LogP contribution in [0.3, 0.4) is 0 Å². The smallest absolute Gasteiger partial charge is 0.323 e. The Kier molecular flexibility index (Phi) is 5.43. The van der Waals surface area contributed by atoms with Crippen LogP contribution in [-0.2, 0) is 6.54 Å². The molecule has 24 heavy (non-hydrogen) atoms. The van der Waals surface area contributed by atoms with Crippen LogP contribution < -0.4 is 15.8 Å². The molecule has 2 heterocycles. The topological polar surface area (TPSA) is 89.2 Å². The molecule has 0 saturated carbocycles. The summed E-state index contributed by atoms with van der Waals surface area (Å²) >= 11 is 0. The molecule has 1 aliphatic heterocycles. The first-order chi connectivity index (χ1) is 11.7. The lowest BCUT2D eigenvalue weighted by molar-refractivity contribution is 0.211. The average Bonchev–Trinajstić information content (AvgIpc) is 2.57. The first-order valence-electron chi connectivity index (χ1n) is 8.40. The van der Waals surface area contributed by atoms with Crippen LogP contribution in [0.2, 0.25) is 0 Å². The Morgan fingerprint density at radius 2 is 1.92 bits per heavy atom. The maximum absolute atomic E-state index is 5.71. The largest absolute Gasteiger partial charge is 0.464 e. The Balaban J connectivity index is 1.52. The van der Waals surface area contributed by atoms with E-state index < -0.39 is 0 Å². The number of nitrogens with zero attached hydrogens (tertiary/aromatic N) is 4. The van der Waals surface area contributed by atoms with Crippen molar-refractivity contribution in [2.24, 2.45) is 0 Å². The summed E-state index contributed by atoms with van der Waals surface area (Å²) in [7, 11) is 0. The number of piperidine rings is 1. The van der Waals surface area contributed by atoms with Gasteiger partial charge in [-0.25, -0.2) is 0 Å². The van der Waals surface area contributed by atoms with Gasteiger partial charge in [0.2, 0.25) is 11.9 Å². The van der Waals surface area contributed by atoms with Crippen molar-refractivity contribution in [3.63, 3.8) is 0 Å². The fourth-order valence-electron chi connectivity index (χ4n) is 2.89. The van der Waals surface area contributed by atoms with Crippen molar-refractivity contribution in [3.8, 4) is 6.01 Å². The monoisotopic (exact) mass is 328 g/mol. The minimum absolute atomic E-state index is 0.178. The Labute approximate surface area is 142 Å². The van der Waals surface area contributed by atoms with Gasteiger partial charge in [-0.15, -0.1) is 0 Å². The van der Waals surface area contributed by atoms with Gasteiger partial charge in [-0.05, 0) is 25.3 Å². The first-order valence-corrected chi connectivity index (χ1v) is 8.40. The van der Waals surface area contributed by atoms with Crippen molar-refractivity contribution in [1.82, 2.24) is 19.9 Å². The molecular formula is C17H24N6O. The highest BCUT2D eigenvalue weighted by Crippen LogP contribution is 2.18. The Morgan fingerprint density at radius 3 is 2.62 bits per heavy atom. The first kappa shape index (κ1) is 16.4. The standard InChI is InChI=1S/C17H24N6O/c1-2-24-17-21-15(18)20-16(22-17)19-14-8-10-23(11-9-14)12-13-6-4-3-5-7-13/h3-7,14H,2,8-12H2,1H3,(H3,18,19,20,21,22). The Hall–Kier alpha value is -2.41. The SMILES string of the molecule is CCOc1nc(N)nc(NC2CCN(Cc3ccccc3)CC2)n1. The second kappa shape index (κ2) is 7.92. The molecular weight excluding hydrogens is 304 g/mol. The minimum atomic E-state index is 0.178. The summed E-state index contributed by atoms with van der Waals surface area (Å²) in [6.07, 6.45) is 2.09. The number of likely N-dealkylation sites (tertiary alicyclic amines) is 1. The number of nitrogens with two attached hydrogens (primary N) is 1. The molecule has 0 spiro atoms. The molecule has 0 atom stereocenters. The molecule has 7 nitrogen and oxygen atoms in total. The van der Waals surface area contributed by atoms with Crippen LogP contribution in [-0.4, -0.2) is 45.6 Å². The number of anilines is 2. The number of nitrogens with one attached hydrogen (secondary N) is 1. The molecule has 1 aromatic carbocycles. The molecule has 0 bridgehead atoms. The van der Waals surface area contributed by atoms with Crippen LogP contribution in [0.4, 0.5) is 11.9 Å². The van der Waals surface area contributed by atoms with Crippen LogP contribution >= 0.6 is 0 Å². The lowest BCUT2D eigenvalue weighted by atomic mass is 10.0. The zero-order valence-corrected chi connectivity index (χ0v) is 14.0. The van der Waals surface area contributed by atoms with Gasteiger partial charge in [-0.1, -0.05) is 30.3 Å². The fourth-order valence-corrected chi connectivity index (χ4v) is 2.89. The van der Waals surface area contributed by atoms with E-state index in [-0.39, 0.29) is 12.0 Å². The van der Waals surface area contributed by atoms with E-state index in [4.69, 9.17) is 10.5 Å². The highest BCUT2D eigenvalue weighted by atomic mass is 16.5. The van der Waals surface area contributed by atoms with E-state index in [1.165, 1.54) is 5.56 Å². The van der Waals surface area contributed by atoms with Crippen molar-refractivity contribution in [1.29, 1.82) is 0 Å². The Bertz CT molecular complexity index is 643. The molecule has 3 rings (SSSR count). The summed E-state index contributed by atoms with van der Waals surface area (Å²) in [6.45, 7) is 5.48. The van der Waals surface area contributed by atoms with Gasteiger partial charge in [0.1, 0.15) is 0 Å². The molecule has 0 radical (unpaired) electrons. The molecule has 1 saturated heterocycles. The van der Waals surface area contributed by atoms with Crippen LogP contribution in [0, 0.1) is 0 Å². The van der Waals surface area contributed by atoms with E-state index in [2.05, 4.69) is 55.5 Å². The normalized spacial score (nSPS) is 16.0. The van der Waals surface area contributed by atoms with E-state index in [0.717, 1.165) is 32.5 Å². The summed E-state index contributed by atoms with van der Waals surface area (Å²) in [4.78, 5) is 14.8. The van der Waals surface area contributed by atoms with E-state index in [0.29, 0.717) is 18.6 Å². The third-order valence-corrected chi connectivity index (χ3v) is 4.08. The number of aromatic nitrogens is 3. The van der Waals surface area contributed by atoms with Crippen molar-refractivity contribution >= 4 is 11.9 Å². The summed E-state index contributed by atoms with van der Waals surface area (Å²) < 4.78 is 5.31. The van der Waals surface area contributed by atoms with Gasteiger partial charge in [0, 0.05) is 25.7 Å². The number of benzene rings is 1. The maximum atomic E-state index is 5.71. The summed E-state index contributed by atoms with van der Waals surface area (Å²) in [6, 6.07) is 11.2. The lowest BCUT2D eigenvalue weighted by Gasteiger charge is -2.32. The second-order valence-corrected chi connectivity index (χ2v) is 5.91. The Morgan fingerprint density at radius 1 is 1.17 bits per heavy atom. The molecule has 0 unspecified atom stereocenters. The molecule has 1 aromatic heterocycles. The highest BCUT2D eigenvalue weighted by Gasteiger charge is 2.20.